The van der Waals surface area contributed by atoms with E-state index in [9.17, 15) is 14.4 Å². The first-order valence-electron chi connectivity index (χ1n) is 13.8. The van der Waals surface area contributed by atoms with Crippen LogP contribution in [0.25, 0.3) is 16.3 Å². The van der Waals surface area contributed by atoms with E-state index in [1.54, 1.807) is 55.7 Å². The van der Waals surface area contributed by atoms with Crippen LogP contribution in [0.15, 0.2) is 108 Å². The largest absolute Gasteiger partial charge is 0.497 e. The summed E-state index contributed by atoms with van der Waals surface area (Å²) in [6.45, 7) is 3.79. The zero-order valence-electron chi connectivity index (χ0n) is 24.3. The number of methoxy groups -OCH3 is 1. The molecule has 3 amide bonds. The molecular formula is C34H30N4O4S2. The highest BCUT2D eigenvalue weighted by Gasteiger charge is 2.18. The van der Waals surface area contributed by atoms with Crippen molar-refractivity contribution in [2.75, 3.05) is 17.7 Å². The predicted molar refractivity (Wildman–Crippen MR) is 178 cm³/mol. The maximum Gasteiger partial charge on any atom is 0.272 e. The molecule has 0 radical (unpaired) electrons. The minimum absolute atomic E-state index is 0.0990. The van der Waals surface area contributed by atoms with Crippen LogP contribution in [0.4, 0.5) is 10.8 Å². The Bertz CT molecular complexity index is 1840. The van der Waals surface area contributed by atoms with Crippen molar-refractivity contribution < 1.29 is 19.1 Å². The number of nitrogens with zero attached hydrogens (tertiary/aromatic N) is 1. The van der Waals surface area contributed by atoms with Gasteiger partial charge < -0.3 is 20.7 Å². The van der Waals surface area contributed by atoms with Crippen molar-refractivity contribution in [2.45, 2.75) is 24.0 Å². The summed E-state index contributed by atoms with van der Waals surface area (Å²) in [6.07, 6.45) is 1.64. The van der Waals surface area contributed by atoms with Crippen LogP contribution in [0.5, 0.6) is 5.75 Å². The van der Waals surface area contributed by atoms with Crippen molar-refractivity contribution in [1.29, 1.82) is 0 Å². The van der Waals surface area contributed by atoms with Crippen LogP contribution in [0, 0.1) is 6.92 Å². The quantitative estimate of drug-likeness (QED) is 0.113. The van der Waals surface area contributed by atoms with Gasteiger partial charge in [0.2, 0.25) is 5.91 Å². The molecule has 1 aromatic heterocycles. The number of anilines is 2. The summed E-state index contributed by atoms with van der Waals surface area (Å²) in [5, 5.41) is 8.61. The van der Waals surface area contributed by atoms with Crippen LogP contribution in [-0.2, 0) is 9.59 Å². The first kappa shape index (κ1) is 30.5. The first-order chi connectivity index (χ1) is 21.3. The third-order valence-corrected chi connectivity index (χ3v) is 8.54. The number of aromatic nitrogens is 1. The molecule has 1 atom stereocenters. The Labute approximate surface area is 263 Å². The van der Waals surface area contributed by atoms with E-state index in [0.29, 0.717) is 16.4 Å². The van der Waals surface area contributed by atoms with Crippen molar-refractivity contribution in [3.63, 3.8) is 0 Å². The monoisotopic (exact) mass is 622 g/mol. The van der Waals surface area contributed by atoms with Gasteiger partial charge in [0.25, 0.3) is 11.8 Å². The molecule has 10 heteroatoms. The Balaban J connectivity index is 1.27. The second-order valence-corrected chi connectivity index (χ2v) is 12.3. The topological polar surface area (TPSA) is 109 Å². The molecule has 44 heavy (non-hydrogen) atoms. The highest BCUT2D eigenvalue weighted by molar-refractivity contribution is 8.00. The van der Waals surface area contributed by atoms with E-state index in [2.05, 4.69) is 20.9 Å². The van der Waals surface area contributed by atoms with Crippen LogP contribution >= 0.6 is 23.1 Å². The number of fused-ring (bicyclic) bond motifs is 1. The number of nitrogens with one attached hydrogen (secondary N) is 3. The van der Waals surface area contributed by atoms with E-state index in [1.165, 1.54) is 23.1 Å². The molecule has 0 saturated carbocycles. The number of amides is 3. The van der Waals surface area contributed by atoms with E-state index in [4.69, 9.17) is 4.74 Å². The molecule has 0 saturated heterocycles. The number of rotatable bonds is 10. The minimum Gasteiger partial charge on any atom is -0.497 e. The summed E-state index contributed by atoms with van der Waals surface area (Å²) >= 11 is 2.73. The third-order valence-electron chi connectivity index (χ3n) is 6.52. The molecule has 5 aromatic rings. The first-order valence-corrected chi connectivity index (χ1v) is 15.5. The molecule has 0 bridgehead atoms. The average molecular weight is 623 g/mol. The second kappa shape index (κ2) is 14.0. The second-order valence-electron chi connectivity index (χ2n) is 9.87. The summed E-state index contributed by atoms with van der Waals surface area (Å²) in [4.78, 5) is 44.6. The fraction of sp³-hybridized carbons (Fsp3) is 0.118. The lowest BCUT2D eigenvalue weighted by Gasteiger charge is -2.13. The van der Waals surface area contributed by atoms with Crippen molar-refractivity contribution >= 4 is 67.9 Å². The van der Waals surface area contributed by atoms with Gasteiger partial charge in [-0.15, -0.1) is 11.8 Å². The summed E-state index contributed by atoms with van der Waals surface area (Å²) in [5.74, 6) is -0.334. The van der Waals surface area contributed by atoms with Crippen molar-refractivity contribution in [2.24, 2.45) is 0 Å². The molecule has 0 spiro atoms. The van der Waals surface area contributed by atoms with Crippen molar-refractivity contribution in [1.82, 2.24) is 10.3 Å². The number of thiazole rings is 1. The number of thioether (sulfide) groups is 1. The number of carbonyl (C=O) groups is 3. The van der Waals surface area contributed by atoms with Gasteiger partial charge in [-0.2, -0.15) is 0 Å². The number of hydrogen-bond acceptors (Lipinski definition) is 7. The number of hydrogen-bond donors (Lipinski definition) is 3. The maximum absolute atomic E-state index is 13.4. The van der Waals surface area contributed by atoms with Crippen LogP contribution in [-0.4, -0.2) is 35.1 Å². The summed E-state index contributed by atoms with van der Waals surface area (Å²) in [7, 11) is 1.61. The molecule has 1 heterocycles. The van der Waals surface area contributed by atoms with Crippen molar-refractivity contribution in [3.05, 3.63) is 119 Å². The van der Waals surface area contributed by atoms with Crippen molar-refractivity contribution in [3.8, 4) is 5.75 Å². The smallest absolute Gasteiger partial charge is 0.272 e. The van der Waals surface area contributed by atoms with Gasteiger partial charge in [-0.25, -0.2) is 4.98 Å². The number of aryl methyl sites for hydroxylation is 1. The van der Waals surface area contributed by atoms with Crippen LogP contribution < -0.4 is 20.7 Å². The van der Waals surface area contributed by atoms with Gasteiger partial charge in [0.05, 0.1) is 22.6 Å². The van der Waals surface area contributed by atoms with E-state index >= 15 is 0 Å². The number of benzene rings is 4. The van der Waals surface area contributed by atoms with E-state index in [-0.39, 0.29) is 11.6 Å². The minimum atomic E-state index is -0.477. The zero-order valence-corrected chi connectivity index (χ0v) is 25.9. The molecule has 4 aromatic carbocycles. The average Bonchev–Trinajstić information content (AvgIpc) is 3.43. The summed E-state index contributed by atoms with van der Waals surface area (Å²) in [6, 6.07) is 29.1. The standard InChI is InChI=1S/C34H30N4O4S2/c1-21-12-14-23(15-13-21)18-29(36-32(40)24-8-5-4-6-9-24)33(41)35-25-10-7-11-27(19-25)43-22(2)31(39)38-34-37-28-17-16-26(42-3)20-30(28)44-34/h4-20,22H,1-3H3,(H,35,41)(H,36,40)(H,37,38,39)/b29-18-. The molecule has 5 rings (SSSR count). The number of ether oxygens (including phenoxy) is 1. The van der Waals surface area contributed by atoms with Crippen LogP contribution in [0.2, 0.25) is 0 Å². The highest BCUT2D eigenvalue weighted by Crippen LogP contribution is 2.31. The zero-order chi connectivity index (χ0) is 31.1. The molecule has 3 N–H and O–H groups in total. The Morgan fingerprint density at radius 3 is 2.43 bits per heavy atom. The van der Waals surface area contributed by atoms with Crippen LogP contribution in [0.3, 0.4) is 0 Å². The van der Waals surface area contributed by atoms with Gasteiger partial charge in [-0.3, -0.25) is 14.4 Å². The number of carbonyl (C=O) groups excluding carboxylic acids is 3. The molecule has 8 nitrogen and oxygen atoms in total. The van der Waals surface area contributed by atoms with Gasteiger partial charge in [-0.1, -0.05) is 65.4 Å². The molecule has 0 aliphatic rings. The Kier molecular flexibility index (Phi) is 9.73. The van der Waals surface area contributed by atoms with E-state index < -0.39 is 17.1 Å². The Hall–Kier alpha value is -4.93. The SMILES string of the molecule is COc1ccc2nc(NC(=O)C(C)Sc3cccc(NC(=O)/C(=C/c4ccc(C)cc4)NC(=O)c4ccccc4)c3)sc2c1. The maximum atomic E-state index is 13.4. The Morgan fingerprint density at radius 2 is 1.68 bits per heavy atom. The normalized spacial score (nSPS) is 11.9. The highest BCUT2D eigenvalue weighted by atomic mass is 32.2. The predicted octanol–water partition coefficient (Wildman–Crippen LogP) is 7.14. The molecular weight excluding hydrogens is 593 g/mol. The fourth-order valence-corrected chi connectivity index (χ4v) is 5.99. The summed E-state index contributed by atoms with van der Waals surface area (Å²) < 4.78 is 6.19. The summed E-state index contributed by atoms with van der Waals surface area (Å²) in [5.41, 5.74) is 3.69. The van der Waals surface area contributed by atoms with E-state index in [0.717, 1.165) is 32.0 Å². The Morgan fingerprint density at radius 1 is 0.909 bits per heavy atom. The lowest BCUT2D eigenvalue weighted by atomic mass is 10.1. The molecule has 0 aliphatic carbocycles. The van der Waals surface area contributed by atoms with E-state index in [1.807, 2.05) is 68.4 Å². The molecule has 222 valence electrons. The third kappa shape index (κ3) is 7.91. The van der Waals surface area contributed by atoms with Gasteiger partial charge in [0.1, 0.15) is 11.4 Å². The van der Waals surface area contributed by atoms with Gasteiger partial charge >= 0.3 is 0 Å². The van der Waals surface area contributed by atoms with Gasteiger partial charge in [0.15, 0.2) is 5.13 Å². The lowest BCUT2D eigenvalue weighted by Crippen LogP contribution is -2.30. The fourth-order valence-electron chi connectivity index (χ4n) is 4.17. The van der Waals surface area contributed by atoms with Crippen LogP contribution in [0.1, 0.15) is 28.4 Å². The lowest BCUT2D eigenvalue weighted by molar-refractivity contribution is -0.115. The molecule has 0 fully saturated rings. The molecule has 0 aliphatic heterocycles. The van der Waals surface area contributed by atoms with Gasteiger partial charge in [-0.05, 0) is 74.0 Å². The molecule has 1 unspecified atom stereocenters. The van der Waals surface area contributed by atoms with Gasteiger partial charge in [0, 0.05) is 16.1 Å².